The fourth-order valence-corrected chi connectivity index (χ4v) is 5.14. The minimum Gasteiger partial charge on any atom is -0.497 e. The van der Waals surface area contributed by atoms with E-state index in [-0.39, 0.29) is 26.4 Å². The van der Waals surface area contributed by atoms with E-state index in [0.717, 1.165) is 28.0 Å². The van der Waals surface area contributed by atoms with Crippen LogP contribution in [0.4, 0.5) is 0 Å². The van der Waals surface area contributed by atoms with Crippen molar-refractivity contribution in [1.82, 2.24) is 0 Å². The molecule has 5 rings (SSSR count). The average molecular weight is 571 g/mol. The van der Waals surface area contributed by atoms with Crippen molar-refractivity contribution in [2.24, 2.45) is 0 Å². The van der Waals surface area contributed by atoms with Crippen LogP contribution < -0.4 is 4.74 Å². The maximum absolute atomic E-state index is 11.8. The van der Waals surface area contributed by atoms with E-state index in [0.29, 0.717) is 0 Å². The van der Waals surface area contributed by atoms with Gasteiger partial charge in [0, 0.05) is 0 Å². The van der Waals surface area contributed by atoms with Gasteiger partial charge in [0.05, 0.1) is 33.5 Å². The zero-order chi connectivity index (χ0) is 29.1. The Morgan fingerprint density at radius 3 is 1.00 bits per heavy atom. The van der Waals surface area contributed by atoms with Crippen LogP contribution in [-0.4, -0.2) is 53.9 Å². The molecule has 1 aliphatic rings. The van der Waals surface area contributed by atoms with Crippen molar-refractivity contribution < 1.29 is 33.9 Å². The van der Waals surface area contributed by atoms with Crippen molar-refractivity contribution in [3.8, 4) is 5.75 Å². The highest BCUT2D eigenvalue weighted by atomic mass is 16.6. The van der Waals surface area contributed by atoms with Crippen LogP contribution in [0.25, 0.3) is 0 Å². The molecule has 0 saturated heterocycles. The molecule has 6 atom stereocenters. The molecule has 2 N–H and O–H groups in total. The van der Waals surface area contributed by atoms with E-state index in [2.05, 4.69) is 0 Å². The van der Waals surface area contributed by atoms with Gasteiger partial charge in [-0.05, 0) is 34.4 Å². The maximum atomic E-state index is 11.8. The van der Waals surface area contributed by atoms with Crippen LogP contribution in [0.15, 0.2) is 115 Å². The van der Waals surface area contributed by atoms with Gasteiger partial charge in [-0.25, -0.2) is 0 Å². The lowest BCUT2D eigenvalue weighted by atomic mass is 9.84. The summed E-state index contributed by atoms with van der Waals surface area (Å²) < 4.78 is 30.4. The molecule has 0 bridgehead atoms. The quantitative estimate of drug-likeness (QED) is 0.232. The van der Waals surface area contributed by atoms with Gasteiger partial charge in [0.25, 0.3) is 0 Å². The Kier molecular flexibility index (Phi) is 10.7. The molecule has 0 aromatic heterocycles. The molecule has 0 amide bonds. The number of methoxy groups -OCH3 is 1. The normalized spacial score (nSPS) is 23.9. The molecule has 0 heterocycles. The van der Waals surface area contributed by atoms with E-state index in [1.165, 1.54) is 0 Å². The summed E-state index contributed by atoms with van der Waals surface area (Å²) in [6.07, 6.45) is -5.79. The second-order valence-electron chi connectivity index (χ2n) is 10.4. The predicted molar refractivity (Wildman–Crippen MR) is 159 cm³/mol. The van der Waals surface area contributed by atoms with Crippen molar-refractivity contribution in [2.75, 3.05) is 7.11 Å². The van der Waals surface area contributed by atoms with Crippen LogP contribution in [0.2, 0.25) is 0 Å². The zero-order valence-corrected chi connectivity index (χ0v) is 23.7. The third kappa shape index (κ3) is 7.83. The standard InChI is InChI=1S/C35H38O7/c1-38-29-19-17-28(18-20-29)24-42-35-31(37)33(40-22-26-13-7-3-8-14-26)32(39-21-25-11-5-2-6-12-25)30(36)34(35)41-23-27-15-9-4-10-16-27/h2-20,30-37H,21-24H2,1H3/t30-,31-,32-,33-,34-,35+/m1/s1. The van der Waals surface area contributed by atoms with E-state index in [4.69, 9.17) is 23.7 Å². The summed E-state index contributed by atoms with van der Waals surface area (Å²) in [6.45, 7) is 0.910. The number of rotatable bonds is 13. The third-order valence-electron chi connectivity index (χ3n) is 7.45. The molecule has 0 radical (unpaired) electrons. The molecule has 1 aliphatic carbocycles. The summed E-state index contributed by atoms with van der Waals surface area (Å²) in [5, 5.41) is 23.5. The molecule has 1 fully saturated rings. The summed E-state index contributed by atoms with van der Waals surface area (Å²) in [6, 6.07) is 36.6. The number of aliphatic hydroxyl groups is 2. The van der Waals surface area contributed by atoms with Gasteiger partial charge in [-0.2, -0.15) is 0 Å². The Balaban J connectivity index is 1.39. The SMILES string of the molecule is COc1ccc(CO[C@H]2[C@H](O)[C@@H](OCc3ccccc3)[C@H](OCc3ccccc3)[C@@H](O)[C@H]2OCc2ccccc2)cc1. The van der Waals surface area contributed by atoms with Gasteiger partial charge in [-0.1, -0.05) is 103 Å². The van der Waals surface area contributed by atoms with Crippen LogP contribution in [0.1, 0.15) is 22.3 Å². The number of hydrogen-bond acceptors (Lipinski definition) is 7. The molecule has 220 valence electrons. The van der Waals surface area contributed by atoms with E-state index >= 15 is 0 Å². The minimum atomic E-state index is -1.14. The fraction of sp³-hybridized carbons (Fsp3) is 0.314. The molecular formula is C35H38O7. The first-order valence-electron chi connectivity index (χ1n) is 14.2. The van der Waals surface area contributed by atoms with Crippen LogP contribution in [0, 0.1) is 0 Å². The largest absolute Gasteiger partial charge is 0.497 e. The van der Waals surface area contributed by atoms with Crippen LogP contribution in [0.3, 0.4) is 0 Å². The molecule has 4 aromatic rings. The first kappa shape index (κ1) is 29.9. The van der Waals surface area contributed by atoms with Crippen LogP contribution in [0.5, 0.6) is 5.75 Å². The summed E-state index contributed by atoms with van der Waals surface area (Å²) >= 11 is 0. The van der Waals surface area contributed by atoms with Gasteiger partial charge in [0.15, 0.2) is 0 Å². The van der Waals surface area contributed by atoms with Crippen molar-refractivity contribution in [1.29, 1.82) is 0 Å². The van der Waals surface area contributed by atoms with Crippen molar-refractivity contribution >= 4 is 0 Å². The smallest absolute Gasteiger partial charge is 0.118 e. The Labute approximate surface area is 247 Å². The number of aliphatic hydroxyl groups excluding tert-OH is 2. The van der Waals surface area contributed by atoms with Gasteiger partial charge in [-0.15, -0.1) is 0 Å². The third-order valence-corrected chi connectivity index (χ3v) is 7.45. The number of benzene rings is 4. The van der Waals surface area contributed by atoms with E-state index < -0.39 is 36.6 Å². The summed E-state index contributed by atoms with van der Waals surface area (Å²) in [4.78, 5) is 0. The Morgan fingerprint density at radius 1 is 0.429 bits per heavy atom. The minimum absolute atomic E-state index is 0.199. The molecule has 7 nitrogen and oxygen atoms in total. The lowest BCUT2D eigenvalue weighted by molar-refractivity contribution is -0.272. The number of hydrogen-bond donors (Lipinski definition) is 2. The number of ether oxygens (including phenoxy) is 5. The second-order valence-corrected chi connectivity index (χ2v) is 10.4. The molecule has 0 unspecified atom stereocenters. The van der Waals surface area contributed by atoms with Crippen molar-refractivity contribution in [2.45, 2.75) is 63.1 Å². The predicted octanol–water partition coefficient (Wildman–Crippen LogP) is 5.07. The fourth-order valence-electron chi connectivity index (χ4n) is 5.14. The van der Waals surface area contributed by atoms with Gasteiger partial charge in [-0.3, -0.25) is 0 Å². The molecule has 4 aromatic carbocycles. The Morgan fingerprint density at radius 2 is 0.714 bits per heavy atom. The summed E-state index contributed by atoms with van der Waals surface area (Å²) in [5.74, 6) is 0.740. The monoisotopic (exact) mass is 570 g/mol. The van der Waals surface area contributed by atoms with Gasteiger partial charge in [0.1, 0.15) is 42.4 Å². The molecular weight excluding hydrogens is 532 g/mol. The van der Waals surface area contributed by atoms with Crippen molar-refractivity contribution in [3.63, 3.8) is 0 Å². The second kappa shape index (κ2) is 15.1. The molecule has 42 heavy (non-hydrogen) atoms. The van der Waals surface area contributed by atoms with E-state index in [1.54, 1.807) is 7.11 Å². The first-order chi connectivity index (χ1) is 20.6. The van der Waals surface area contributed by atoms with Gasteiger partial charge < -0.3 is 33.9 Å². The lowest BCUT2D eigenvalue weighted by Gasteiger charge is -2.46. The maximum Gasteiger partial charge on any atom is 0.118 e. The van der Waals surface area contributed by atoms with E-state index in [9.17, 15) is 10.2 Å². The van der Waals surface area contributed by atoms with Gasteiger partial charge in [0.2, 0.25) is 0 Å². The molecule has 7 heteroatoms. The van der Waals surface area contributed by atoms with Crippen molar-refractivity contribution in [3.05, 3.63) is 138 Å². The topological polar surface area (TPSA) is 86.6 Å². The highest BCUT2D eigenvalue weighted by molar-refractivity contribution is 5.27. The Bertz CT molecular complexity index is 1320. The Hall–Kier alpha value is -3.56. The molecule has 1 saturated carbocycles. The highest BCUT2D eigenvalue weighted by Crippen LogP contribution is 2.32. The van der Waals surface area contributed by atoms with Gasteiger partial charge >= 0.3 is 0 Å². The summed E-state index contributed by atoms with van der Waals surface area (Å²) in [7, 11) is 1.62. The molecule has 0 spiro atoms. The first-order valence-corrected chi connectivity index (χ1v) is 14.2. The summed E-state index contributed by atoms with van der Waals surface area (Å²) in [5.41, 5.74) is 3.72. The average Bonchev–Trinajstić information content (AvgIpc) is 3.05. The zero-order valence-electron chi connectivity index (χ0n) is 23.7. The lowest BCUT2D eigenvalue weighted by Crippen LogP contribution is -2.66. The van der Waals surface area contributed by atoms with E-state index in [1.807, 2.05) is 115 Å². The van der Waals surface area contributed by atoms with Crippen LogP contribution in [-0.2, 0) is 45.4 Å². The van der Waals surface area contributed by atoms with Crippen LogP contribution >= 0.6 is 0 Å². The molecule has 0 aliphatic heterocycles. The highest BCUT2D eigenvalue weighted by Gasteiger charge is 2.52.